The van der Waals surface area contributed by atoms with E-state index in [2.05, 4.69) is 27.1 Å². The lowest BCUT2D eigenvalue weighted by atomic mass is 10.2. The Morgan fingerprint density at radius 2 is 1.81 bits per heavy atom. The normalized spacial score (nSPS) is 15.6. The predicted octanol–water partition coefficient (Wildman–Crippen LogP) is 1.08. The first-order valence-electron chi connectivity index (χ1n) is 7.18. The van der Waals surface area contributed by atoms with Crippen LogP contribution in [0.25, 0.3) is 0 Å². The Labute approximate surface area is 124 Å². The fraction of sp³-hybridized carbons (Fsp3) is 0.467. The maximum Gasteiger partial charge on any atom is 0.413 e. The molecule has 1 aromatic rings. The Balaban J connectivity index is 1.74. The number of ether oxygens (including phenoxy) is 1. The molecular formula is C15H21N3O3. The Morgan fingerprint density at radius 1 is 1.14 bits per heavy atom. The van der Waals surface area contributed by atoms with Crippen molar-refractivity contribution in [2.75, 3.05) is 44.2 Å². The molecular weight excluding hydrogens is 270 g/mol. The van der Waals surface area contributed by atoms with Gasteiger partial charge in [-0.1, -0.05) is 18.2 Å². The quantitative estimate of drug-likeness (QED) is 0.899. The third-order valence-electron chi connectivity index (χ3n) is 3.38. The molecule has 0 unspecified atom stereocenters. The van der Waals surface area contributed by atoms with Crippen molar-refractivity contribution >= 4 is 17.7 Å². The maximum atomic E-state index is 11.7. The number of carbonyl (C=O) groups excluding carboxylic acids is 2. The van der Waals surface area contributed by atoms with Gasteiger partial charge in [0.1, 0.15) is 0 Å². The number of hydrogen-bond donors (Lipinski definition) is 1. The number of alkyl carbamates (subject to hydrolysis) is 1. The number of benzene rings is 1. The highest BCUT2D eigenvalue weighted by atomic mass is 16.5. The van der Waals surface area contributed by atoms with Crippen LogP contribution in [0.4, 0.5) is 10.5 Å². The molecule has 1 aromatic carbocycles. The van der Waals surface area contributed by atoms with Gasteiger partial charge in [0.2, 0.25) is 5.91 Å². The molecule has 0 aromatic heterocycles. The summed E-state index contributed by atoms with van der Waals surface area (Å²) in [5.74, 6) is -0.318. The van der Waals surface area contributed by atoms with E-state index in [1.165, 1.54) is 5.69 Å². The minimum atomic E-state index is -0.676. The summed E-state index contributed by atoms with van der Waals surface area (Å²) in [5.41, 5.74) is 1.20. The molecule has 0 spiro atoms. The van der Waals surface area contributed by atoms with Crippen molar-refractivity contribution in [3.63, 3.8) is 0 Å². The number of hydrogen-bond acceptors (Lipinski definition) is 5. The molecule has 1 heterocycles. The van der Waals surface area contributed by atoms with Crippen LogP contribution in [-0.4, -0.2) is 56.2 Å². The lowest BCUT2D eigenvalue weighted by Gasteiger charge is -2.35. The van der Waals surface area contributed by atoms with Gasteiger partial charge in [0, 0.05) is 31.9 Å². The highest BCUT2D eigenvalue weighted by Gasteiger charge is 2.20. The van der Waals surface area contributed by atoms with E-state index in [-0.39, 0.29) is 19.1 Å². The highest BCUT2D eigenvalue weighted by molar-refractivity contribution is 5.92. The van der Waals surface area contributed by atoms with E-state index < -0.39 is 6.09 Å². The highest BCUT2D eigenvalue weighted by Crippen LogP contribution is 2.15. The van der Waals surface area contributed by atoms with Crippen molar-refractivity contribution in [3.8, 4) is 0 Å². The number of piperazine rings is 1. The molecule has 0 saturated carbocycles. The summed E-state index contributed by atoms with van der Waals surface area (Å²) in [6.45, 7) is 5.52. The number of nitrogens with one attached hydrogen (secondary N) is 1. The van der Waals surface area contributed by atoms with Crippen LogP contribution < -0.4 is 10.2 Å². The molecule has 0 aliphatic carbocycles. The third-order valence-corrected chi connectivity index (χ3v) is 3.38. The van der Waals surface area contributed by atoms with Crippen molar-refractivity contribution < 1.29 is 14.3 Å². The lowest BCUT2D eigenvalue weighted by Crippen LogP contribution is -2.50. The summed E-state index contributed by atoms with van der Waals surface area (Å²) in [5, 5.41) is 2.22. The summed E-state index contributed by atoms with van der Waals surface area (Å²) >= 11 is 0. The number of amides is 2. The maximum absolute atomic E-state index is 11.7. The Hall–Kier alpha value is -2.08. The zero-order chi connectivity index (χ0) is 15.1. The van der Waals surface area contributed by atoms with Gasteiger partial charge in [-0.05, 0) is 19.1 Å². The van der Waals surface area contributed by atoms with Crippen molar-refractivity contribution in [3.05, 3.63) is 30.3 Å². The van der Waals surface area contributed by atoms with Crippen LogP contribution in [0.1, 0.15) is 6.92 Å². The largest absolute Gasteiger partial charge is 0.450 e. The average molecular weight is 291 g/mol. The van der Waals surface area contributed by atoms with Crippen molar-refractivity contribution in [2.24, 2.45) is 0 Å². The van der Waals surface area contributed by atoms with Gasteiger partial charge >= 0.3 is 6.09 Å². The second kappa shape index (κ2) is 7.64. The molecule has 21 heavy (non-hydrogen) atoms. The first-order valence-corrected chi connectivity index (χ1v) is 7.18. The van der Waals surface area contributed by atoms with Gasteiger partial charge in [-0.25, -0.2) is 4.79 Å². The van der Waals surface area contributed by atoms with Crippen LogP contribution in [-0.2, 0) is 9.53 Å². The SMILES string of the molecule is CCOC(=O)NC(=O)CN1CCN(c2ccccc2)CC1. The van der Waals surface area contributed by atoms with Gasteiger partial charge in [-0.2, -0.15) is 0 Å². The van der Waals surface area contributed by atoms with E-state index in [9.17, 15) is 9.59 Å². The zero-order valence-corrected chi connectivity index (χ0v) is 12.2. The van der Waals surface area contributed by atoms with Crippen LogP contribution in [0.2, 0.25) is 0 Å². The number of rotatable bonds is 4. The molecule has 2 rings (SSSR count). The summed E-state index contributed by atoms with van der Waals surface area (Å²) in [6, 6.07) is 10.2. The number of para-hydroxylation sites is 1. The number of imide groups is 1. The zero-order valence-electron chi connectivity index (χ0n) is 12.2. The Bertz CT molecular complexity index is 470. The predicted molar refractivity (Wildman–Crippen MR) is 80.3 cm³/mol. The van der Waals surface area contributed by atoms with E-state index in [1.807, 2.05) is 23.1 Å². The number of carbonyl (C=O) groups is 2. The molecule has 6 nitrogen and oxygen atoms in total. The second-order valence-corrected chi connectivity index (χ2v) is 4.87. The van der Waals surface area contributed by atoms with E-state index in [0.717, 1.165) is 26.2 Å². The molecule has 1 fully saturated rings. The van der Waals surface area contributed by atoms with Gasteiger partial charge in [-0.15, -0.1) is 0 Å². The van der Waals surface area contributed by atoms with Crippen LogP contribution >= 0.6 is 0 Å². The number of anilines is 1. The van der Waals surface area contributed by atoms with Gasteiger partial charge in [0.15, 0.2) is 0 Å². The van der Waals surface area contributed by atoms with E-state index in [0.29, 0.717) is 0 Å². The second-order valence-electron chi connectivity index (χ2n) is 4.87. The van der Waals surface area contributed by atoms with Crippen molar-refractivity contribution in [2.45, 2.75) is 6.92 Å². The smallest absolute Gasteiger partial charge is 0.413 e. The minimum absolute atomic E-state index is 0.224. The molecule has 1 aliphatic rings. The van der Waals surface area contributed by atoms with Crippen molar-refractivity contribution in [1.82, 2.24) is 10.2 Å². The fourth-order valence-electron chi connectivity index (χ4n) is 2.33. The van der Waals surface area contributed by atoms with E-state index >= 15 is 0 Å². The van der Waals surface area contributed by atoms with Gasteiger partial charge in [0.25, 0.3) is 0 Å². The van der Waals surface area contributed by atoms with Gasteiger partial charge < -0.3 is 9.64 Å². The summed E-state index contributed by atoms with van der Waals surface area (Å²) in [6.07, 6.45) is -0.676. The minimum Gasteiger partial charge on any atom is -0.450 e. The molecule has 1 aliphatic heterocycles. The summed E-state index contributed by atoms with van der Waals surface area (Å²) in [4.78, 5) is 27.2. The molecule has 0 radical (unpaired) electrons. The monoisotopic (exact) mass is 291 g/mol. The first kappa shape index (κ1) is 15.3. The fourth-order valence-corrected chi connectivity index (χ4v) is 2.33. The molecule has 0 bridgehead atoms. The number of nitrogens with zero attached hydrogens (tertiary/aromatic N) is 2. The Kier molecular flexibility index (Phi) is 5.57. The van der Waals surface area contributed by atoms with Crippen LogP contribution in [0, 0.1) is 0 Å². The first-order chi connectivity index (χ1) is 10.2. The molecule has 1 saturated heterocycles. The molecule has 1 N–H and O–H groups in total. The van der Waals surface area contributed by atoms with Gasteiger partial charge in [-0.3, -0.25) is 15.0 Å². The topological polar surface area (TPSA) is 61.9 Å². The van der Waals surface area contributed by atoms with Crippen LogP contribution in [0.3, 0.4) is 0 Å². The van der Waals surface area contributed by atoms with Crippen LogP contribution in [0.15, 0.2) is 30.3 Å². The van der Waals surface area contributed by atoms with E-state index in [1.54, 1.807) is 6.92 Å². The summed E-state index contributed by atoms with van der Waals surface area (Å²) in [7, 11) is 0. The molecule has 114 valence electrons. The lowest BCUT2D eigenvalue weighted by molar-refractivity contribution is -0.121. The summed E-state index contributed by atoms with van der Waals surface area (Å²) < 4.78 is 4.68. The molecule has 0 atom stereocenters. The van der Waals surface area contributed by atoms with Crippen molar-refractivity contribution in [1.29, 1.82) is 0 Å². The average Bonchev–Trinajstić information content (AvgIpc) is 2.49. The Morgan fingerprint density at radius 3 is 2.43 bits per heavy atom. The van der Waals surface area contributed by atoms with Crippen LogP contribution in [0.5, 0.6) is 0 Å². The van der Waals surface area contributed by atoms with Gasteiger partial charge in [0.05, 0.1) is 13.2 Å². The van der Waals surface area contributed by atoms with E-state index in [4.69, 9.17) is 0 Å². The molecule has 6 heteroatoms. The third kappa shape index (κ3) is 4.75. The molecule has 2 amide bonds. The standard InChI is InChI=1S/C15H21N3O3/c1-2-21-15(20)16-14(19)12-17-8-10-18(11-9-17)13-6-4-3-5-7-13/h3-7H,2,8-12H2,1H3,(H,16,19,20).